The van der Waals surface area contributed by atoms with Gasteiger partial charge in [-0.25, -0.2) is 4.99 Å². The lowest BCUT2D eigenvalue weighted by molar-refractivity contribution is 0.290. The molecule has 1 heterocycles. The van der Waals surface area contributed by atoms with Crippen LogP contribution in [0, 0.1) is 0 Å². The van der Waals surface area contributed by atoms with Gasteiger partial charge in [-0.05, 0) is 12.2 Å². The monoisotopic (exact) mass is 127 g/mol. The van der Waals surface area contributed by atoms with Gasteiger partial charge >= 0.3 is 0 Å². The van der Waals surface area contributed by atoms with Crippen molar-refractivity contribution < 1.29 is 5.11 Å². The van der Waals surface area contributed by atoms with Gasteiger partial charge in [-0.3, -0.25) is 0 Å². The Balaban J connectivity index is 2.74. The third-order valence-electron chi connectivity index (χ3n) is 0.834. The van der Waals surface area contributed by atoms with Gasteiger partial charge < -0.3 is 5.11 Å². The summed E-state index contributed by atoms with van der Waals surface area (Å²) in [5.41, 5.74) is 0. The highest BCUT2D eigenvalue weighted by Crippen LogP contribution is 1.96. The minimum absolute atomic E-state index is 0.340. The van der Waals surface area contributed by atoms with E-state index >= 15 is 0 Å². The molecule has 0 saturated carbocycles. The third kappa shape index (κ3) is 0.993. The number of thiocarbonyl (C=S) groups is 1. The van der Waals surface area contributed by atoms with Gasteiger partial charge in [0.05, 0.1) is 0 Å². The Morgan fingerprint density at radius 2 is 2.50 bits per heavy atom. The number of allylic oxidation sites excluding steroid dienone is 1. The van der Waals surface area contributed by atoms with Crippen molar-refractivity contribution in [3.05, 3.63) is 12.2 Å². The van der Waals surface area contributed by atoms with Crippen LogP contribution in [0.5, 0.6) is 0 Å². The number of aliphatic hydroxyl groups excluding tert-OH is 1. The van der Waals surface area contributed by atoms with Crippen molar-refractivity contribution in [2.24, 2.45) is 4.99 Å². The molecule has 0 aromatic carbocycles. The van der Waals surface area contributed by atoms with Crippen LogP contribution in [0.4, 0.5) is 0 Å². The van der Waals surface area contributed by atoms with Crippen LogP contribution >= 0.6 is 12.2 Å². The maximum Gasteiger partial charge on any atom is 0.135 e. The summed E-state index contributed by atoms with van der Waals surface area (Å²) >= 11 is 4.63. The first-order chi connectivity index (χ1) is 3.80. The molecule has 1 aliphatic heterocycles. The van der Waals surface area contributed by atoms with Crippen LogP contribution in [0.2, 0.25) is 0 Å². The Bertz CT molecular complexity index is 162. The average Bonchev–Trinajstić information content (AvgIpc) is 1.77. The molecule has 0 radical (unpaired) electrons. The number of hydrogen-bond donors (Lipinski definition) is 1. The molecule has 0 aromatic rings. The summed E-state index contributed by atoms with van der Waals surface area (Å²) in [5, 5.41) is 8.84. The molecule has 3 heteroatoms. The van der Waals surface area contributed by atoms with E-state index in [1.165, 1.54) is 0 Å². The molecule has 42 valence electrons. The van der Waals surface area contributed by atoms with E-state index in [0.717, 1.165) is 0 Å². The maximum absolute atomic E-state index is 8.84. The molecule has 0 unspecified atom stereocenters. The topological polar surface area (TPSA) is 32.6 Å². The van der Waals surface area contributed by atoms with Crippen LogP contribution in [0.1, 0.15) is 0 Å². The zero-order valence-electron chi connectivity index (χ0n) is 4.11. The number of nitrogens with zero attached hydrogens (tertiary/aromatic N) is 1. The van der Waals surface area contributed by atoms with E-state index in [1.807, 2.05) is 0 Å². The number of rotatable bonds is 0. The molecular weight excluding hydrogens is 122 g/mol. The van der Waals surface area contributed by atoms with E-state index < -0.39 is 6.10 Å². The number of dihydropyridines is 1. The Labute approximate surface area is 52.6 Å². The first kappa shape index (κ1) is 5.59. The van der Waals surface area contributed by atoms with E-state index in [1.54, 1.807) is 18.4 Å². The van der Waals surface area contributed by atoms with Crippen molar-refractivity contribution in [3.63, 3.8) is 0 Å². The molecule has 1 rings (SSSR count). The highest BCUT2D eigenvalue weighted by Gasteiger charge is 2.05. The second-order valence-electron chi connectivity index (χ2n) is 1.45. The second-order valence-corrected chi connectivity index (χ2v) is 1.86. The summed E-state index contributed by atoms with van der Waals surface area (Å²) in [7, 11) is 0. The third-order valence-corrected chi connectivity index (χ3v) is 1.18. The van der Waals surface area contributed by atoms with Crippen molar-refractivity contribution in [1.29, 1.82) is 0 Å². The number of aliphatic hydroxyl groups is 1. The van der Waals surface area contributed by atoms with Crippen LogP contribution in [-0.2, 0) is 0 Å². The maximum atomic E-state index is 8.84. The van der Waals surface area contributed by atoms with E-state index in [2.05, 4.69) is 17.2 Å². The molecule has 1 aliphatic rings. The molecule has 2 nitrogen and oxygen atoms in total. The molecule has 8 heavy (non-hydrogen) atoms. The second kappa shape index (κ2) is 2.15. The normalized spacial score (nSPS) is 26.6. The number of hydrogen-bond acceptors (Lipinski definition) is 2. The predicted molar refractivity (Wildman–Crippen MR) is 36.2 cm³/mol. The molecule has 0 bridgehead atoms. The minimum Gasteiger partial charge on any atom is -0.382 e. The first-order valence-corrected chi connectivity index (χ1v) is 2.64. The summed E-state index contributed by atoms with van der Waals surface area (Å²) in [4.78, 5) is 4.02. The van der Waals surface area contributed by atoms with Gasteiger partial charge in [-0.15, -0.1) is 0 Å². The van der Waals surface area contributed by atoms with Gasteiger partial charge in [0.25, 0.3) is 0 Å². The minimum atomic E-state index is -0.644. The molecule has 1 atom stereocenters. The summed E-state index contributed by atoms with van der Waals surface area (Å²) in [5.74, 6) is 0. The van der Waals surface area contributed by atoms with Crippen LogP contribution in [0.3, 0.4) is 0 Å². The van der Waals surface area contributed by atoms with Crippen molar-refractivity contribution in [1.82, 2.24) is 0 Å². The molecule has 1 N–H and O–H groups in total. The van der Waals surface area contributed by atoms with Gasteiger partial charge in [-0.1, -0.05) is 12.2 Å². The molecule has 0 amide bonds. The lowest BCUT2D eigenvalue weighted by Crippen LogP contribution is -2.15. The Kier molecular flexibility index (Phi) is 1.50. The van der Waals surface area contributed by atoms with E-state index in [0.29, 0.717) is 4.99 Å². The van der Waals surface area contributed by atoms with E-state index in [4.69, 9.17) is 5.11 Å². The standard InChI is InChI=1S/C5H5NOS/c7-4-2-1-3-6-5(4)8/h1-4,7H/t4-/m0/s1. The molecule has 0 aromatic heterocycles. The molecule has 0 fully saturated rings. The number of aliphatic imine (C=N–C) groups is 1. The zero-order valence-corrected chi connectivity index (χ0v) is 4.93. The predicted octanol–water partition coefficient (Wildman–Crippen LogP) is 0.315. The van der Waals surface area contributed by atoms with Gasteiger partial charge in [0.15, 0.2) is 0 Å². The fourth-order valence-corrected chi connectivity index (χ4v) is 0.570. The smallest absolute Gasteiger partial charge is 0.135 e. The van der Waals surface area contributed by atoms with Gasteiger partial charge in [0.2, 0.25) is 0 Å². The van der Waals surface area contributed by atoms with E-state index in [9.17, 15) is 0 Å². The van der Waals surface area contributed by atoms with Crippen molar-refractivity contribution in [3.8, 4) is 0 Å². The fourth-order valence-electron chi connectivity index (χ4n) is 0.430. The summed E-state index contributed by atoms with van der Waals surface area (Å²) in [6.07, 6.45) is 4.18. The lowest BCUT2D eigenvalue weighted by Gasteiger charge is -2.03. The highest BCUT2D eigenvalue weighted by atomic mass is 32.1. The van der Waals surface area contributed by atoms with Gasteiger partial charge in [0.1, 0.15) is 11.1 Å². The van der Waals surface area contributed by atoms with Crippen LogP contribution in [-0.4, -0.2) is 22.4 Å². The summed E-state index contributed by atoms with van der Waals surface area (Å²) in [6.45, 7) is 0. The zero-order chi connectivity index (χ0) is 5.98. The van der Waals surface area contributed by atoms with Crippen molar-refractivity contribution >= 4 is 23.4 Å². The Hall–Kier alpha value is -0.540. The van der Waals surface area contributed by atoms with Gasteiger partial charge in [-0.2, -0.15) is 0 Å². The lowest BCUT2D eigenvalue weighted by atomic mass is 10.3. The first-order valence-electron chi connectivity index (χ1n) is 2.23. The van der Waals surface area contributed by atoms with E-state index in [-0.39, 0.29) is 0 Å². The SMILES string of the molecule is O[C@H]1C=CC=NC1=S. The van der Waals surface area contributed by atoms with Crippen molar-refractivity contribution in [2.45, 2.75) is 6.10 Å². The van der Waals surface area contributed by atoms with Crippen molar-refractivity contribution in [2.75, 3.05) is 0 Å². The summed E-state index contributed by atoms with van der Waals surface area (Å²) in [6, 6.07) is 0. The van der Waals surface area contributed by atoms with Crippen LogP contribution < -0.4 is 0 Å². The highest BCUT2D eigenvalue weighted by molar-refractivity contribution is 7.80. The average molecular weight is 127 g/mol. The van der Waals surface area contributed by atoms with Gasteiger partial charge in [0, 0.05) is 6.21 Å². The largest absolute Gasteiger partial charge is 0.382 e. The quantitative estimate of drug-likeness (QED) is 0.475. The Morgan fingerprint density at radius 3 is 2.88 bits per heavy atom. The molecular formula is C5H5NOS. The Morgan fingerprint density at radius 1 is 1.75 bits per heavy atom. The summed E-state index contributed by atoms with van der Waals surface area (Å²) < 4.78 is 0. The van der Waals surface area contributed by atoms with Crippen LogP contribution in [0.15, 0.2) is 17.1 Å². The molecule has 0 spiro atoms. The molecule has 0 saturated heterocycles. The fraction of sp³-hybridized carbons (Fsp3) is 0.200. The molecule has 0 aliphatic carbocycles. The van der Waals surface area contributed by atoms with Crippen LogP contribution in [0.25, 0.3) is 0 Å².